The molecule has 0 saturated heterocycles. The number of aryl methyl sites for hydroxylation is 3. The van der Waals surface area contributed by atoms with Crippen LogP contribution in [0.5, 0.6) is 5.75 Å². The Hall–Kier alpha value is -3.86. The molecule has 1 N–H and O–H groups in total. The van der Waals surface area contributed by atoms with Crippen molar-refractivity contribution in [3.8, 4) is 5.75 Å². The first-order chi connectivity index (χ1) is 15.9. The molecule has 3 aromatic carbocycles. The predicted octanol–water partition coefficient (Wildman–Crippen LogP) is 5.80. The van der Waals surface area contributed by atoms with Crippen LogP contribution in [-0.4, -0.2) is 18.4 Å². The Morgan fingerprint density at radius 2 is 1.52 bits per heavy atom. The average molecular weight is 441 g/mol. The van der Waals surface area contributed by atoms with Crippen LogP contribution >= 0.6 is 0 Å². The fourth-order valence-corrected chi connectivity index (χ4v) is 3.99. The van der Waals surface area contributed by atoms with Crippen molar-refractivity contribution < 1.29 is 14.3 Å². The van der Waals surface area contributed by atoms with Gasteiger partial charge >= 0.3 is 0 Å². The van der Waals surface area contributed by atoms with Gasteiger partial charge in [-0.3, -0.25) is 9.59 Å². The second kappa shape index (κ2) is 9.33. The first-order valence-electron chi connectivity index (χ1n) is 11.2. The van der Waals surface area contributed by atoms with Crippen LogP contribution in [-0.2, 0) is 9.59 Å². The van der Waals surface area contributed by atoms with Gasteiger partial charge in [0.25, 0.3) is 11.8 Å². The number of carbonyl (C=O) groups excluding carboxylic acids is 2. The van der Waals surface area contributed by atoms with Gasteiger partial charge in [-0.1, -0.05) is 48.9 Å². The molecule has 33 heavy (non-hydrogen) atoms. The molecule has 3 aromatic rings. The lowest BCUT2D eigenvalue weighted by molar-refractivity contribution is -0.120. The molecule has 0 fully saturated rings. The van der Waals surface area contributed by atoms with E-state index in [1.807, 2.05) is 70.2 Å². The van der Waals surface area contributed by atoms with E-state index in [-0.39, 0.29) is 17.5 Å². The van der Waals surface area contributed by atoms with Crippen LogP contribution in [0.1, 0.15) is 35.6 Å². The Bertz CT molecular complexity index is 1220. The minimum absolute atomic E-state index is 0.272. The van der Waals surface area contributed by atoms with E-state index in [1.54, 1.807) is 18.2 Å². The topological polar surface area (TPSA) is 58.6 Å². The molecule has 0 aromatic heterocycles. The lowest BCUT2D eigenvalue weighted by atomic mass is 10.0. The molecule has 4 rings (SSSR count). The zero-order chi connectivity index (χ0) is 23.5. The molecular formula is C28H28N2O3. The summed E-state index contributed by atoms with van der Waals surface area (Å²) in [5, 5.41) is 3.25. The number of hydrogen-bond acceptors (Lipinski definition) is 4. The second-order valence-corrected chi connectivity index (χ2v) is 8.41. The second-order valence-electron chi connectivity index (χ2n) is 8.41. The molecule has 0 unspecified atom stereocenters. The lowest BCUT2D eigenvalue weighted by Crippen LogP contribution is -2.32. The normalized spacial score (nSPS) is 13.6. The maximum atomic E-state index is 13.6. The molecule has 1 aliphatic heterocycles. The van der Waals surface area contributed by atoms with E-state index in [2.05, 4.69) is 11.4 Å². The zero-order valence-electron chi connectivity index (χ0n) is 19.4. The van der Waals surface area contributed by atoms with E-state index in [0.717, 1.165) is 28.8 Å². The average Bonchev–Trinajstić information content (AvgIpc) is 3.02. The minimum Gasteiger partial charge on any atom is -0.494 e. The summed E-state index contributed by atoms with van der Waals surface area (Å²) >= 11 is 0. The van der Waals surface area contributed by atoms with Crippen LogP contribution in [0, 0.1) is 20.8 Å². The van der Waals surface area contributed by atoms with E-state index in [1.165, 1.54) is 4.90 Å². The maximum absolute atomic E-state index is 13.6. The van der Waals surface area contributed by atoms with Gasteiger partial charge in [-0.25, -0.2) is 4.90 Å². The highest BCUT2D eigenvalue weighted by atomic mass is 16.5. The summed E-state index contributed by atoms with van der Waals surface area (Å²) in [5.74, 6) is -0.117. The largest absolute Gasteiger partial charge is 0.494 e. The number of hydrogen-bond donors (Lipinski definition) is 1. The van der Waals surface area contributed by atoms with Crippen molar-refractivity contribution in [3.63, 3.8) is 0 Å². The van der Waals surface area contributed by atoms with Gasteiger partial charge in [-0.05, 0) is 68.1 Å². The van der Waals surface area contributed by atoms with Crippen molar-refractivity contribution in [3.05, 3.63) is 94.7 Å². The minimum atomic E-state index is -0.387. The molecule has 0 bridgehead atoms. The van der Waals surface area contributed by atoms with Gasteiger partial charge in [0.2, 0.25) is 0 Å². The van der Waals surface area contributed by atoms with Gasteiger partial charge < -0.3 is 10.1 Å². The summed E-state index contributed by atoms with van der Waals surface area (Å²) in [4.78, 5) is 28.5. The van der Waals surface area contributed by atoms with E-state index >= 15 is 0 Å². The van der Waals surface area contributed by atoms with E-state index < -0.39 is 0 Å². The first kappa shape index (κ1) is 22.3. The molecule has 0 spiro atoms. The molecule has 0 atom stereocenters. The summed E-state index contributed by atoms with van der Waals surface area (Å²) in [6.45, 7) is 8.59. The molecule has 5 nitrogen and oxygen atoms in total. The Morgan fingerprint density at radius 3 is 2.18 bits per heavy atom. The number of imide groups is 1. The Kier molecular flexibility index (Phi) is 6.31. The third-order valence-electron chi connectivity index (χ3n) is 5.46. The number of rotatable bonds is 7. The zero-order valence-corrected chi connectivity index (χ0v) is 19.4. The Labute approximate surface area is 194 Å². The predicted molar refractivity (Wildman–Crippen MR) is 132 cm³/mol. The van der Waals surface area contributed by atoms with Crippen molar-refractivity contribution in [1.29, 1.82) is 0 Å². The number of carbonyl (C=O) groups is 2. The highest BCUT2D eigenvalue weighted by Crippen LogP contribution is 2.35. The summed E-state index contributed by atoms with van der Waals surface area (Å²) in [7, 11) is 0. The molecule has 0 saturated carbocycles. The highest BCUT2D eigenvalue weighted by molar-refractivity contribution is 6.46. The van der Waals surface area contributed by atoms with Crippen molar-refractivity contribution in [2.24, 2.45) is 0 Å². The third-order valence-corrected chi connectivity index (χ3v) is 5.46. The Balaban J connectivity index is 1.78. The van der Waals surface area contributed by atoms with E-state index in [0.29, 0.717) is 29.2 Å². The molecule has 2 amide bonds. The number of anilines is 2. The smallest absolute Gasteiger partial charge is 0.282 e. The van der Waals surface area contributed by atoms with Crippen LogP contribution in [0.25, 0.3) is 5.57 Å². The van der Waals surface area contributed by atoms with Crippen molar-refractivity contribution in [1.82, 2.24) is 0 Å². The Morgan fingerprint density at radius 1 is 0.818 bits per heavy atom. The number of nitrogens with zero attached hydrogens (tertiary/aromatic N) is 1. The van der Waals surface area contributed by atoms with Crippen LogP contribution in [0.4, 0.5) is 11.4 Å². The summed E-state index contributed by atoms with van der Waals surface area (Å²) in [6, 6.07) is 20.7. The van der Waals surface area contributed by atoms with Crippen molar-refractivity contribution >= 4 is 28.8 Å². The van der Waals surface area contributed by atoms with Gasteiger partial charge in [0.15, 0.2) is 0 Å². The van der Waals surface area contributed by atoms with E-state index in [9.17, 15) is 9.59 Å². The number of nitrogens with one attached hydrogen (secondary N) is 1. The third kappa shape index (κ3) is 4.67. The molecule has 0 radical (unpaired) electrons. The fraction of sp³-hybridized carbons (Fsp3) is 0.214. The SMILES string of the molecule is CCCOc1cccc(N2C(=O)C(Nc3cc(C)cc(C)c3)=C(c3ccc(C)cc3)C2=O)c1. The molecule has 1 aliphatic rings. The maximum Gasteiger partial charge on any atom is 0.282 e. The summed E-state index contributed by atoms with van der Waals surface area (Å²) < 4.78 is 5.72. The van der Waals surface area contributed by atoms with Crippen molar-refractivity contribution in [2.75, 3.05) is 16.8 Å². The summed E-state index contributed by atoms with van der Waals surface area (Å²) in [5.41, 5.74) is 5.82. The van der Waals surface area contributed by atoms with Crippen LogP contribution < -0.4 is 15.0 Å². The van der Waals surface area contributed by atoms with Gasteiger partial charge in [0, 0.05) is 11.8 Å². The number of ether oxygens (including phenoxy) is 1. The van der Waals surface area contributed by atoms with Crippen LogP contribution in [0.3, 0.4) is 0 Å². The molecule has 0 aliphatic carbocycles. The number of amides is 2. The van der Waals surface area contributed by atoms with E-state index in [4.69, 9.17) is 4.74 Å². The standard InChI is InChI=1S/C28H28N2O3/c1-5-13-33-24-8-6-7-23(17-24)30-27(31)25(21-11-9-18(2)10-12-21)26(28(30)32)29-22-15-19(3)14-20(4)16-22/h6-12,14-17,29H,5,13H2,1-4H3. The van der Waals surface area contributed by atoms with Gasteiger partial charge in [0.05, 0.1) is 17.9 Å². The van der Waals surface area contributed by atoms with Crippen molar-refractivity contribution in [2.45, 2.75) is 34.1 Å². The number of benzene rings is 3. The molecule has 168 valence electrons. The fourth-order valence-electron chi connectivity index (χ4n) is 3.99. The monoisotopic (exact) mass is 440 g/mol. The van der Waals surface area contributed by atoms with Gasteiger partial charge in [-0.15, -0.1) is 0 Å². The molecular weight excluding hydrogens is 412 g/mol. The van der Waals surface area contributed by atoms with Crippen LogP contribution in [0.2, 0.25) is 0 Å². The van der Waals surface area contributed by atoms with Gasteiger partial charge in [0.1, 0.15) is 11.4 Å². The lowest BCUT2D eigenvalue weighted by Gasteiger charge is -2.17. The summed E-state index contributed by atoms with van der Waals surface area (Å²) in [6.07, 6.45) is 0.870. The highest BCUT2D eigenvalue weighted by Gasteiger charge is 2.40. The quantitative estimate of drug-likeness (QED) is 0.472. The first-order valence-corrected chi connectivity index (χ1v) is 11.2. The molecule has 5 heteroatoms. The van der Waals surface area contributed by atoms with Crippen LogP contribution in [0.15, 0.2) is 72.4 Å². The molecule has 1 heterocycles. The van der Waals surface area contributed by atoms with Gasteiger partial charge in [-0.2, -0.15) is 0 Å².